The third-order valence-electron chi connectivity index (χ3n) is 4.54. The van der Waals surface area contributed by atoms with E-state index in [9.17, 15) is 9.59 Å². The first-order valence-corrected chi connectivity index (χ1v) is 11.7. The molecule has 0 saturated heterocycles. The number of nitrogens with zero attached hydrogens (tertiary/aromatic N) is 1. The number of methoxy groups -OCH3 is 1. The number of hydrogen-bond donors (Lipinski definition) is 1. The maximum atomic E-state index is 13.3. The summed E-state index contributed by atoms with van der Waals surface area (Å²) in [6.45, 7) is 9.57. The maximum Gasteiger partial charge on any atom is 0.272 e. The molecule has 0 saturated carbocycles. The Balaban J connectivity index is 2.44. The van der Waals surface area contributed by atoms with Crippen molar-refractivity contribution in [3.05, 3.63) is 64.2 Å². The summed E-state index contributed by atoms with van der Waals surface area (Å²) < 4.78 is 5.47. The van der Waals surface area contributed by atoms with Crippen molar-refractivity contribution in [2.45, 2.75) is 45.9 Å². The van der Waals surface area contributed by atoms with Gasteiger partial charge in [-0.05, 0) is 65.1 Å². The van der Waals surface area contributed by atoms with E-state index in [2.05, 4.69) is 11.3 Å². The Morgan fingerprint density at radius 1 is 1.13 bits per heavy atom. The Morgan fingerprint density at radius 3 is 2.23 bits per heavy atom. The SMILES string of the molecule is C=S(C)Cc1c(OC)cccc1C(=O)NN(C(=O)c1cc(C)cc(C)c1)C(C)(C)C. The number of nitrogens with one attached hydrogen (secondary N) is 1. The van der Waals surface area contributed by atoms with E-state index in [0.717, 1.165) is 16.7 Å². The van der Waals surface area contributed by atoms with Crippen LogP contribution in [-0.2, 0) is 5.75 Å². The van der Waals surface area contributed by atoms with Crippen molar-refractivity contribution in [1.29, 1.82) is 0 Å². The molecule has 2 rings (SSSR count). The second kappa shape index (κ2) is 9.47. The van der Waals surface area contributed by atoms with Gasteiger partial charge in [-0.3, -0.25) is 15.0 Å². The number of amides is 2. The van der Waals surface area contributed by atoms with Crippen LogP contribution in [0.2, 0.25) is 0 Å². The van der Waals surface area contributed by atoms with Crippen molar-refractivity contribution in [1.82, 2.24) is 10.4 Å². The Kier molecular flexibility index (Phi) is 7.48. The first-order valence-electron chi connectivity index (χ1n) is 9.76. The summed E-state index contributed by atoms with van der Waals surface area (Å²) in [7, 11) is 1.42. The Labute approximate surface area is 182 Å². The quantitative estimate of drug-likeness (QED) is 0.553. The fourth-order valence-electron chi connectivity index (χ4n) is 3.28. The predicted octanol–water partition coefficient (Wildman–Crippen LogP) is 4.73. The van der Waals surface area contributed by atoms with E-state index in [1.165, 1.54) is 5.01 Å². The van der Waals surface area contributed by atoms with Gasteiger partial charge in [0.2, 0.25) is 0 Å². The second-order valence-corrected chi connectivity index (χ2v) is 10.4. The molecule has 0 radical (unpaired) electrons. The van der Waals surface area contributed by atoms with Crippen molar-refractivity contribution in [3.63, 3.8) is 0 Å². The highest BCUT2D eigenvalue weighted by atomic mass is 32.2. The molecule has 2 amide bonds. The number of ether oxygens (including phenoxy) is 1. The third-order valence-corrected chi connectivity index (χ3v) is 5.33. The third kappa shape index (κ3) is 5.72. The van der Waals surface area contributed by atoms with Crippen LogP contribution in [0.5, 0.6) is 5.75 Å². The van der Waals surface area contributed by atoms with Gasteiger partial charge in [0.15, 0.2) is 0 Å². The van der Waals surface area contributed by atoms with E-state index in [1.807, 2.05) is 65.1 Å². The highest BCUT2D eigenvalue weighted by Gasteiger charge is 2.30. The fourth-order valence-corrected chi connectivity index (χ4v) is 4.07. The lowest BCUT2D eigenvalue weighted by Crippen LogP contribution is -2.56. The normalized spacial score (nSPS) is 12.2. The number of hydrogen-bond acceptors (Lipinski definition) is 3. The van der Waals surface area contributed by atoms with Crippen LogP contribution in [0.15, 0.2) is 36.4 Å². The Hall–Kier alpha value is -2.60. The van der Waals surface area contributed by atoms with E-state index in [4.69, 9.17) is 4.74 Å². The molecule has 0 spiro atoms. The zero-order valence-electron chi connectivity index (χ0n) is 19.0. The monoisotopic (exact) mass is 428 g/mol. The van der Waals surface area contributed by atoms with Crippen molar-refractivity contribution in [2.75, 3.05) is 13.4 Å². The van der Waals surface area contributed by atoms with Gasteiger partial charge in [0.05, 0.1) is 12.6 Å². The number of carbonyl (C=O) groups excluding carboxylic acids is 2. The minimum Gasteiger partial charge on any atom is -0.496 e. The Bertz CT molecular complexity index is 957. The number of benzene rings is 2. The van der Waals surface area contributed by atoms with Gasteiger partial charge in [-0.15, -0.1) is 0 Å². The van der Waals surface area contributed by atoms with E-state index in [1.54, 1.807) is 19.2 Å². The average molecular weight is 429 g/mol. The highest BCUT2D eigenvalue weighted by molar-refractivity contribution is 8.12. The topological polar surface area (TPSA) is 58.6 Å². The van der Waals surface area contributed by atoms with Crippen LogP contribution in [0, 0.1) is 13.8 Å². The van der Waals surface area contributed by atoms with E-state index in [-0.39, 0.29) is 22.3 Å². The van der Waals surface area contributed by atoms with Gasteiger partial charge in [-0.2, -0.15) is 10.5 Å². The molecule has 0 aliphatic rings. The molecule has 0 heterocycles. The van der Waals surface area contributed by atoms with Gasteiger partial charge in [0, 0.05) is 22.4 Å². The summed E-state index contributed by atoms with van der Waals surface area (Å²) in [4.78, 5) is 26.6. The predicted molar refractivity (Wildman–Crippen MR) is 127 cm³/mol. The van der Waals surface area contributed by atoms with Crippen LogP contribution < -0.4 is 10.2 Å². The molecule has 0 aliphatic carbocycles. The largest absolute Gasteiger partial charge is 0.496 e. The molecule has 1 unspecified atom stereocenters. The minimum atomic E-state index is -0.620. The number of aryl methyl sites for hydroxylation is 2. The zero-order valence-corrected chi connectivity index (χ0v) is 19.8. The lowest BCUT2D eigenvalue weighted by molar-refractivity contribution is 0.0358. The van der Waals surface area contributed by atoms with E-state index < -0.39 is 5.54 Å². The molecular formula is C24H32N2O3S. The van der Waals surface area contributed by atoms with Crippen molar-refractivity contribution in [2.24, 2.45) is 0 Å². The minimum absolute atomic E-state index is 0.169. The van der Waals surface area contributed by atoms with Crippen molar-refractivity contribution in [3.8, 4) is 5.75 Å². The number of rotatable bonds is 5. The summed E-state index contributed by atoms with van der Waals surface area (Å²) in [5.74, 6) is 4.74. The van der Waals surface area contributed by atoms with Gasteiger partial charge >= 0.3 is 0 Å². The lowest BCUT2D eigenvalue weighted by atomic mass is 10.0. The van der Waals surface area contributed by atoms with Gasteiger partial charge in [-0.1, -0.05) is 29.1 Å². The Morgan fingerprint density at radius 2 is 1.73 bits per heavy atom. The molecule has 2 aromatic carbocycles. The number of hydrazine groups is 1. The summed E-state index contributed by atoms with van der Waals surface area (Å²) in [5.41, 5.74) is 6.05. The molecule has 1 atom stereocenters. The number of carbonyl (C=O) groups is 2. The standard InChI is InChI=1S/C24H32N2O3S/c1-16-12-17(2)14-18(13-16)23(28)26(24(3,4)5)25-22(27)19-10-9-11-21(29-6)20(19)15-30(7)8/h9-14H,7,15H2,1-6,8H3,(H,25,27). The molecule has 0 aromatic heterocycles. The molecule has 2 aromatic rings. The smallest absolute Gasteiger partial charge is 0.272 e. The molecule has 0 aliphatic heterocycles. The van der Waals surface area contributed by atoms with Crippen LogP contribution >= 0.6 is 10.5 Å². The van der Waals surface area contributed by atoms with Crippen molar-refractivity contribution < 1.29 is 14.3 Å². The molecule has 1 N–H and O–H groups in total. The summed E-state index contributed by atoms with van der Waals surface area (Å²) in [6, 6.07) is 11.1. The molecule has 6 heteroatoms. The zero-order chi connectivity index (χ0) is 22.6. The van der Waals surface area contributed by atoms with Gasteiger partial charge in [-0.25, -0.2) is 5.01 Å². The second-order valence-electron chi connectivity index (χ2n) is 8.54. The van der Waals surface area contributed by atoms with E-state index in [0.29, 0.717) is 22.6 Å². The van der Waals surface area contributed by atoms with Crippen molar-refractivity contribution >= 4 is 28.2 Å². The van der Waals surface area contributed by atoms with Gasteiger partial charge in [0.25, 0.3) is 11.8 Å². The van der Waals surface area contributed by atoms with Gasteiger partial charge < -0.3 is 4.74 Å². The summed E-state index contributed by atoms with van der Waals surface area (Å²) in [5, 5.41) is 1.41. The highest BCUT2D eigenvalue weighted by Crippen LogP contribution is 2.28. The van der Waals surface area contributed by atoms with Crippen LogP contribution in [0.4, 0.5) is 0 Å². The van der Waals surface area contributed by atoms with Crippen LogP contribution in [0.25, 0.3) is 0 Å². The molecular weight excluding hydrogens is 396 g/mol. The maximum absolute atomic E-state index is 13.3. The first kappa shape index (κ1) is 23.7. The average Bonchev–Trinajstić information content (AvgIpc) is 2.63. The molecule has 0 bridgehead atoms. The molecule has 0 fully saturated rings. The molecule has 30 heavy (non-hydrogen) atoms. The van der Waals surface area contributed by atoms with Crippen LogP contribution in [0.3, 0.4) is 0 Å². The summed E-state index contributed by atoms with van der Waals surface area (Å²) >= 11 is 0. The van der Waals surface area contributed by atoms with Gasteiger partial charge in [0.1, 0.15) is 5.75 Å². The first-order chi connectivity index (χ1) is 13.9. The van der Waals surface area contributed by atoms with Crippen LogP contribution in [0.1, 0.15) is 58.2 Å². The molecule has 162 valence electrons. The van der Waals surface area contributed by atoms with E-state index >= 15 is 0 Å². The van der Waals surface area contributed by atoms with Crippen LogP contribution in [-0.4, -0.2) is 41.6 Å². The fraction of sp³-hybridized carbons (Fsp3) is 0.375. The molecule has 5 nitrogen and oxygen atoms in total. The summed E-state index contributed by atoms with van der Waals surface area (Å²) in [6.07, 6.45) is 2.01. The lowest BCUT2D eigenvalue weighted by Gasteiger charge is -2.36.